The first-order valence-corrected chi connectivity index (χ1v) is 20.4. The Morgan fingerprint density at radius 3 is 1.17 bits per heavy atom. The second kappa shape index (κ2) is 25.2. The number of hydrogen-bond donors (Lipinski definition) is 2. The van der Waals surface area contributed by atoms with E-state index in [1.807, 2.05) is 22.9 Å². The lowest BCUT2D eigenvalue weighted by atomic mass is 10.1. The molecule has 0 aliphatic rings. The van der Waals surface area contributed by atoms with Crippen LogP contribution in [0.5, 0.6) is 23.0 Å². The molecule has 0 aliphatic heterocycles. The summed E-state index contributed by atoms with van der Waals surface area (Å²) in [5.41, 5.74) is 1.22. The monoisotopic (exact) mass is 696 g/mol. The van der Waals surface area contributed by atoms with Crippen molar-refractivity contribution in [3.8, 4) is 23.0 Å². The smallest absolute Gasteiger partial charge is 0.163 e. The number of aromatic hydroxyl groups is 2. The summed E-state index contributed by atoms with van der Waals surface area (Å²) in [4.78, 5) is 10.8. The third kappa shape index (κ3) is 16.0. The van der Waals surface area contributed by atoms with Gasteiger partial charge in [0, 0.05) is 24.6 Å². The summed E-state index contributed by atoms with van der Waals surface area (Å²) in [6, 6.07) is 7.12. The zero-order valence-corrected chi connectivity index (χ0v) is 31.2. The lowest BCUT2D eigenvalue weighted by Gasteiger charge is -2.15. The minimum Gasteiger partial charge on any atom is -0.506 e. The molecule has 3 rings (SSSR count). The van der Waals surface area contributed by atoms with E-state index in [9.17, 15) is 10.2 Å². The van der Waals surface area contributed by atoms with Gasteiger partial charge in [0.25, 0.3) is 0 Å². The van der Waals surface area contributed by atoms with E-state index < -0.39 is 0 Å². The molecule has 0 bridgehead atoms. The maximum Gasteiger partial charge on any atom is 0.163 e. The van der Waals surface area contributed by atoms with Crippen LogP contribution in [0.25, 0.3) is 0 Å². The van der Waals surface area contributed by atoms with Gasteiger partial charge < -0.3 is 19.7 Å². The number of aliphatic imine (C=N–C) groups is 2. The minimum atomic E-state index is 0.200. The standard InChI is InChI=1S/C40H60N2O4S2/c1-3-5-7-9-11-13-15-17-19-21-25-45-37-29-33(41-31-39-35(43)23-27-47-39)34(42-32-40-36(44)24-28-48-40)30-38(37)46-26-22-20-18-16-14-12-10-8-6-4-2/h23-24,27-32,43-44H,3-22,25-26H2,1-2H3. The molecule has 1 aromatic carbocycles. The summed E-state index contributed by atoms with van der Waals surface area (Å²) in [5.74, 6) is 1.73. The van der Waals surface area contributed by atoms with Crippen molar-refractivity contribution in [2.24, 2.45) is 9.98 Å². The summed E-state index contributed by atoms with van der Waals surface area (Å²) in [5, 5.41) is 24.0. The molecule has 0 saturated carbocycles. The van der Waals surface area contributed by atoms with Crippen LogP contribution in [0.1, 0.15) is 152 Å². The van der Waals surface area contributed by atoms with E-state index in [0.29, 0.717) is 45.8 Å². The molecule has 6 nitrogen and oxygen atoms in total. The Kier molecular flexibility index (Phi) is 20.8. The topological polar surface area (TPSA) is 83.6 Å². The van der Waals surface area contributed by atoms with Gasteiger partial charge in [-0.05, 0) is 35.7 Å². The van der Waals surface area contributed by atoms with Crippen molar-refractivity contribution >= 4 is 46.5 Å². The van der Waals surface area contributed by atoms with Gasteiger partial charge in [-0.15, -0.1) is 22.7 Å². The highest BCUT2D eigenvalue weighted by atomic mass is 32.1. The average molecular weight is 697 g/mol. The van der Waals surface area contributed by atoms with Crippen molar-refractivity contribution in [3.63, 3.8) is 0 Å². The Balaban J connectivity index is 1.64. The van der Waals surface area contributed by atoms with Gasteiger partial charge in [-0.2, -0.15) is 0 Å². The van der Waals surface area contributed by atoms with Crippen LogP contribution in [-0.2, 0) is 0 Å². The lowest BCUT2D eigenvalue weighted by Crippen LogP contribution is -2.03. The van der Waals surface area contributed by atoms with E-state index in [-0.39, 0.29) is 11.5 Å². The lowest BCUT2D eigenvalue weighted by molar-refractivity contribution is 0.258. The Bertz CT molecular complexity index is 1220. The molecule has 0 spiro atoms. The first-order valence-electron chi connectivity index (χ1n) is 18.7. The van der Waals surface area contributed by atoms with Crippen LogP contribution in [0.4, 0.5) is 11.4 Å². The average Bonchev–Trinajstić information content (AvgIpc) is 3.71. The Morgan fingerprint density at radius 1 is 0.521 bits per heavy atom. The summed E-state index contributed by atoms with van der Waals surface area (Å²) in [6.45, 7) is 5.76. The van der Waals surface area contributed by atoms with Crippen molar-refractivity contribution in [1.82, 2.24) is 0 Å². The molecule has 0 radical (unpaired) electrons. The molecule has 266 valence electrons. The van der Waals surface area contributed by atoms with Gasteiger partial charge in [0.15, 0.2) is 11.5 Å². The van der Waals surface area contributed by atoms with Crippen molar-refractivity contribution in [2.75, 3.05) is 13.2 Å². The van der Waals surface area contributed by atoms with Crippen LogP contribution in [0.3, 0.4) is 0 Å². The molecule has 2 heterocycles. The third-order valence-corrected chi connectivity index (χ3v) is 10.2. The summed E-state index contributed by atoms with van der Waals surface area (Å²) < 4.78 is 12.7. The van der Waals surface area contributed by atoms with Crippen LogP contribution in [0.2, 0.25) is 0 Å². The number of rotatable bonds is 28. The first kappa shape index (κ1) is 39.6. The second-order valence-corrected chi connectivity index (χ2v) is 14.6. The van der Waals surface area contributed by atoms with Gasteiger partial charge in [-0.3, -0.25) is 9.98 Å². The zero-order chi connectivity index (χ0) is 34.1. The molecule has 0 unspecified atom stereocenters. The number of ether oxygens (including phenoxy) is 2. The molecular formula is C40H60N2O4S2. The van der Waals surface area contributed by atoms with E-state index in [4.69, 9.17) is 19.5 Å². The molecule has 48 heavy (non-hydrogen) atoms. The maximum absolute atomic E-state index is 10.2. The van der Waals surface area contributed by atoms with Gasteiger partial charge in [0.1, 0.15) is 11.5 Å². The van der Waals surface area contributed by atoms with Gasteiger partial charge >= 0.3 is 0 Å². The van der Waals surface area contributed by atoms with Gasteiger partial charge in [-0.1, -0.05) is 129 Å². The van der Waals surface area contributed by atoms with Crippen LogP contribution in [0, 0.1) is 0 Å². The molecular weight excluding hydrogens is 637 g/mol. The fourth-order valence-corrected chi connectivity index (χ4v) is 6.88. The first-order chi connectivity index (χ1) is 23.6. The highest BCUT2D eigenvalue weighted by Gasteiger charge is 2.13. The quantitative estimate of drug-likeness (QED) is 0.0584. The van der Waals surface area contributed by atoms with Crippen LogP contribution in [-0.4, -0.2) is 35.9 Å². The van der Waals surface area contributed by atoms with E-state index >= 15 is 0 Å². The molecule has 0 amide bonds. The summed E-state index contributed by atoms with van der Waals surface area (Å²) >= 11 is 2.85. The van der Waals surface area contributed by atoms with Gasteiger partial charge in [0.2, 0.25) is 0 Å². The van der Waals surface area contributed by atoms with E-state index in [0.717, 1.165) is 25.7 Å². The van der Waals surface area contributed by atoms with E-state index in [1.165, 1.54) is 125 Å². The summed E-state index contributed by atoms with van der Waals surface area (Å²) in [7, 11) is 0. The predicted molar refractivity (Wildman–Crippen MR) is 208 cm³/mol. The Hall–Kier alpha value is -2.84. The minimum absolute atomic E-state index is 0.200. The number of unbranched alkanes of at least 4 members (excludes halogenated alkanes) is 18. The predicted octanol–water partition coefficient (Wildman–Crippen LogP) is 13.3. The SMILES string of the molecule is CCCCCCCCCCCCOc1cc(N=Cc2sccc2O)c(N=Cc2sccc2O)cc1OCCCCCCCCCCCC. The second-order valence-electron chi connectivity index (χ2n) is 12.7. The molecule has 3 aromatic rings. The van der Waals surface area contributed by atoms with Gasteiger partial charge in [-0.25, -0.2) is 0 Å². The number of thiophene rings is 2. The fourth-order valence-electron chi connectivity index (χ4n) is 5.59. The fraction of sp³-hybridized carbons (Fsp3) is 0.600. The number of hydrogen-bond acceptors (Lipinski definition) is 8. The molecule has 0 atom stereocenters. The van der Waals surface area contributed by atoms with Crippen molar-refractivity contribution in [3.05, 3.63) is 44.8 Å². The largest absolute Gasteiger partial charge is 0.506 e. The highest BCUT2D eigenvalue weighted by molar-refractivity contribution is 7.12. The maximum atomic E-state index is 10.2. The number of nitrogens with zero attached hydrogens (tertiary/aromatic N) is 2. The van der Waals surface area contributed by atoms with Crippen molar-refractivity contribution in [1.29, 1.82) is 0 Å². The third-order valence-electron chi connectivity index (χ3n) is 8.54. The molecule has 2 aromatic heterocycles. The Labute approximate surface area is 298 Å². The van der Waals surface area contributed by atoms with Crippen LogP contribution < -0.4 is 9.47 Å². The molecule has 2 N–H and O–H groups in total. The van der Waals surface area contributed by atoms with Crippen molar-refractivity contribution < 1.29 is 19.7 Å². The van der Waals surface area contributed by atoms with Crippen molar-refractivity contribution in [2.45, 2.75) is 142 Å². The zero-order valence-electron chi connectivity index (χ0n) is 29.6. The van der Waals surface area contributed by atoms with Gasteiger partial charge in [0.05, 0.1) is 34.3 Å². The van der Waals surface area contributed by atoms with Crippen LogP contribution in [0.15, 0.2) is 45.0 Å². The Morgan fingerprint density at radius 2 is 0.854 bits per heavy atom. The molecule has 0 saturated heterocycles. The normalized spacial score (nSPS) is 11.7. The van der Waals surface area contributed by atoms with E-state index in [1.54, 1.807) is 24.6 Å². The number of benzene rings is 1. The summed E-state index contributed by atoms with van der Waals surface area (Å²) in [6.07, 6.45) is 28.8. The molecule has 0 fully saturated rings. The molecule has 0 aliphatic carbocycles. The highest BCUT2D eigenvalue weighted by Crippen LogP contribution is 2.41. The van der Waals surface area contributed by atoms with E-state index in [2.05, 4.69) is 13.8 Å². The molecule has 8 heteroatoms. The van der Waals surface area contributed by atoms with Crippen LogP contribution >= 0.6 is 22.7 Å².